The van der Waals surface area contributed by atoms with Crippen molar-refractivity contribution in [3.8, 4) is 5.75 Å². The molecule has 0 aliphatic rings. The standard InChI is InChI=1S/C26H31N3O5/c1-25(2,3)33-23(30)29(24(31)34-26(4,5)6)21-15-28-14-13-17(21)16-32-22-12-11-20(27)18-9-7-8-10-19(18)22/h7-15H,16,27H2,1-6H3. The van der Waals surface area contributed by atoms with Crippen LogP contribution < -0.4 is 15.4 Å². The highest BCUT2D eigenvalue weighted by atomic mass is 16.6. The number of hydrogen-bond acceptors (Lipinski definition) is 7. The van der Waals surface area contributed by atoms with Crippen LogP contribution in [0.2, 0.25) is 0 Å². The number of anilines is 2. The van der Waals surface area contributed by atoms with Crippen molar-refractivity contribution in [1.29, 1.82) is 0 Å². The fraction of sp³-hybridized carbons (Fsp3) is 0.346. The van der Waals surface area contributed by atoms with Crippen molar-refractivity contribution in [2.75, 3.05) is 10.6 Å². The van der Waals surface area contributed by atoms with Crippen molar-refractivity contribution in [1.82, 2.24) is 4.98 Å². The summed E-state index contributed by atoms with van der Waals surface area (Å²) in [6, 6.07) is 12.9. The molecule has 0 atom stereocenters. The minimum atomic E-state index is -0.867. The minimum absolute atomic E-state index is 0.0634. The number of pyridine rings is 1. The molecule has 0 spiro atoms. The summed E-state index contributed by atoms with van der Waals surface area (Å²) in [5.41, 5.74) is 5.86. The lowest BCUT2D eigenvalue weighted by molar-refractivity contribution is 0.0430. The predicted octanol–water partition coefficient (Wildman–Crippen LogP) is 6.07. The number of nitrogen functional groups attached to an aromatic ring is 1. The van der Waals surface area contributed by atoms with Gasteiger partial charge in [0.25, 0.3) is 0 Å². The highest BCUT2D eigenvalue weighted by molar-refractivity contribution is 6.10. The molecule has 8 nitrogen and oxygen atoms in total. The first kappa shape index (κ1) is 24.8. The van der Waals surface area contributed by atoms with Crippen LogP contribution in [0.1, 0.15) is 47.1 Å². The Morgan fingerprint density at radius 1 is 0.882 bits per heavy atom. The van der Waals surface area contributed by atoms with E-state index in [1.165, 1.54) is 6.20 Å². The van der Waals surface area contributed by atoms with Gasteiger partial charge in [-0.2, -0.15) is 4.90 Å². The zero-order valence-corrected chi connectivity index (χ0v) is 20.4. The zero-order chi connectivity index (χ0) is 25.1. The summed E-state index contributed by atoms with van der Waals surface area (Å²) in [5.74, 6) is 0.619. The van der Waals surface area contributed by atoms with E-state index in [2.05, 4.69) is 4.98 Å². The maximum Gasteiger partial charge on any atom is 0.424 e. The molecule has 2 aromatic carbocycles. The van der Waals surface area contributed by atoms with Crippen LogP contribution in [0.15, 0.2) is 54.9 Å². The fourth-order valence-electron chi connectivity index (χ4n) is 3.20. The predicted molar refractivity (Wildman–Crippen MR) is 132 cm³/mol. The lowest BCUT2D eigenvalue weighted by Crippen LogP contribution is -2.44. The van der Waals surface area contributed by atoms with Gasteiger partial charge in [-0.25, -0.2) is 9.59 Å². The van der Waals surface area contributed by atoms with Crippen molar-refractivity contribution >= 4 is 34.3 Å². The molecule has 0 aliphatic heterocycles. The van der Waals surface area contributed by atoms with Crippen LogP contribution >= 0.6 is 0 Å². The molecule has 2 amide bonds. The van der Waals surface area contributed by atoms with Crippen LogP contribution in [0.25, 0.3) is 10.8 Å². The van der Waals surface area contributed by atoms with Gasteiger partial charge >= 0.3 is 12.2 Å². The number of rotatable bonds is 4. The van der Waals surface area contributed by atoms with Gasteiger partial charge in [-0.1, -0.05) is 24.3 Å². The molecule has 0 bridgehead atoms. The largest absolute Gasteiger partial charge is 0.488 e. The van der Waals surface area contributed by atoms with Crippen LogP contribution in [-0.4, -0.2) is 28.4 Å². The van der Waals surface area contributed by atoms with E-state index in [4.69, 9.17) is 19.9 Å². The molecule has 3 aromatic rings. The molecule has 1 heterocycles. The Labute approximate surface area is 199 Å². The maximum absolute atomic E-state index is 13.0. The first-order valence-corrected chi connectivity index (χ1v) is 10.9. The molecule has 8 heteroatoms. The summed E-state index contributed by atoms with van der Waals surface area (Å²) < 4.78 is 17.1. The lowest BCUT2D eigenvalue weighted by Gasteiger charge is -2.29. The quantitative estimate of drug-likeness (QED) is 0.466. The molecule has 180 valence electrons. The molecule has 3 rings (SSSR count). The number of imide groups is 1. The number of amides is 2. The topological polar surface area (TPSA) is 104 Å². The third kappa shape index (κ3) is 6.15. The number of aromatic nitrogens is 1. The Hall–Kier alpha value is -3.81. The Kier molecular flexibility index (Phi) is 7.00. The van der Waals surface area contributed by atoms with Crippen LogP contribution in [0.5, 0.6) is 5.75 Å². The molecular formula is C26H31N3O5. The number of carbonyl (C=O) groups excluding carboxylic acids is 2. The number of benzene rings is 2. The van der Waals surface area contributed by atoms with Crippen molar-refractivity contribution in [2.24, 2.45) is 0 Å². The highest BCUT2D eigenvalue weighted by Crippen LogP contribution is 2.32. The molecule has 0 fully saturated rings. The SMILES string of the molecule is CC(C)(C)OC(=O)N(C(=O)OC(C)(C)C)c1cnccc1COc1ccc(N)c2ccccc12. The smallest absolute Gasteiger partial charge is 0.424 e. The average Bonchev–Trinajstić information content (AvgIpc) is 2.72. The van der Waals surface area contributed by atoms with Crippen molar-refractivity contribution in [3.05, 3.63) is 60.4 Å². The molecule has 2 N–H and O–H groups in total. The van der Waals surface area contributed by atoms with E-state index in [9.17, 15) is 9.59 Å². The fourth-order valence-corrected chi connectivity index (χ4v) is 3.20. The number of nitrogens with zero attached hydrogens (tertiary/aromatic N) is 2. The summed E-state index contributed by atoms with van der Waals surface area (Å²) in [6.07, 6.45) is 1.24. The molecule has 0 saturated heterocycles. The highest BCUT2D eigenvalue weighted by Gasteiger charge is 2.34. The molecule has 0 aliphatic carbocycles. The minimum Gasteiger partial charge on any atom is -0.488 e. The maximum atomic E-state index is 13.0. The third-order valence-corrected chi connectivity index (χ3v) is 4.58. The van der Waals surface area contributed by atoms with E-state index in [0.29, 0.717) is 17.0 Å². The van der Waals surface area contributed by atoms with E-state index in [-0.39, 0.29) is 12.3 Å². The van der Waals surface area contributed by atoms with Gasteiger partial charge in [-0.3, -0.25) is 4.98 Å². The molecule has 1 aromatic heterocycles. The second kappa shape index (κ2) is 9.59. The van der Waals surface area contributed by atoms with E-state index >= 15 is 0 Å². The van der Waals surface area contributed by atoms with E-state index in [1.54, 1.807) is 65.9 Å². The van der Waals surface area contributed by atoms with Crippen molar-refractivity contribution in [3.63, 3.8) is 0 Å². The van der Waals surface area contributed by atoms with Gasteiger partial charge in [-0.15, -0.1) is 0 Å². The van der Waals surface area contributed by atoms with Gasteiger partial charge in [0.05, 0.1) is 11.9 Å². The summed E-state index contributed by atoms with van der Waals surface area (Å²) in [5, 5.41) is 1.73. The van der Waals surface area contributed by atoms with Gasteiger partial charge in [0.2, 0.25) is 0 Å². The van der Waals surface area contributed by atoms with E-state index in [0.717, 1.165) is 15.7 Å². The normalized spacial score (nSPS) is 11.7. The third-order valence-electron chi connectivity index (χ3n) is 4.58. The van der Waals surface area contributed by atoms with Crippen LogP contribution in [-0.2, 0) is 16.1 Å². The first-order valence-electron chi connectivity index (χ1n) is 10.9. The monoisotopic (exact) mass is 465 g/mol. The first-order chi connectivity index (χ1) is 15.9. The number of nitrogens with two attached hydrogens (primary N) is 1. The summed E-state index contributed by atoms with van der Waals surface area (Å²) in [4.78, 5) is 31.1. The van der Waals surface area contributed by atoms with Gasteiger partial charge in [0.1, 0.15) is 23.6 Å². The number of carbonyl (C=O) groups is 2. The van der Waals surface area contributed by atoms with Crippen molar-refractivity contribution in [2.45, 2.75) is 59.4 Å². The summed E-state index contributed by atoms with van der Waals surface area (Å²) in [6.45, 7) is 10.4. The zero-order valence-electron chi connectivity index (χ0n) is 20.4. The second-order valence-corrected chi connectivity index (χ2v) is 9.79. The molecule has 34 heavy (non-hydrogen) atoms. The van der Waals surface area contributed by atoms with Gasteiger partial charge in [0.15, 0.2) is 0 Å². The van der Waals surface area contributed by atoms with Gasteiger partial charge in [-0.05, 0) is 59.7 Å². The van der Waals surface area contributed by atoms with E-state index < -0.39 is 23.4 Å². The van der Waals surface area contributed by atoms with Crippen LogP contribution in [0.4, 0.5) is 21.0 Å². The molecule has 0 unspecified atom stereocenters. The van der Waals surface area contributed by atoms with Crippen molar-refractivity contribution < 1.29 is 23.8 Å². The van der Waals surface area contributed by atoms with Gasteiger partial charge < -0.3 is 19.9 Å². The number of hydrogen-bond donors (Lipinski definition) is 1. The summed E-state index contributed by atoms with van der Waals surface area (Å²) in [7, 11) is 0. The second-order valence-electron chi connectivity index (χ2n) is 9.79. The number of ether oxygens (including phenoxy) is 3. The van der Waals surface area contributed by atoms with Crippen LogP contribution in [0.3, 0.4) is 0 Å². The number of fused-ring (bicyclic) bond motifs is 1. The average molecular weight is 466 g/mol. The molecular weight excluding hydrogens is 434 g/mol. The Morgan fingerprint density at radius 3 is 2.06 bits per heavy atom. The molecule has 0 saturated carbocycles. The summed E-state index contributed by atoms with van der Waals surface area (Å²) >= 11 is 0. The molecule has 0 radical (unpaired) electrons. The Morgan fingerprint density at radius 2 is 1.47 bits per heavy atom. The van der Waals surface area contributed by atoms with E-state index in [1.807, 2.05) is 24.3 Å². The lowest BCUT2D eigenvalue weighted by atomic mass is 10.1. The Bertz CT molecular complexity index is 1170. The van der Waals surface area contributed by atoms with Crippen LogP contribution in [0, 0.1) is 0 Å². The van der Waals surface area contributed by atoms with Gasteiger partial charge in [0, 0.05) is 28.2 Å². The Balaban J connectivity index is 1.96.